The number of hydrogen-bond donors (Lipinski definition) is 2. The first-order valence-electron chi connectivity index (χ1n) is 5.92. The van der Waals surface area contributed by atoms with Crippen LogP contribution in [0.25, 0.3) is 0 Å². The zero-order valence-electron chi connectivity index (χ0n) is 11.4. The van der Waals surface area contributed by atoms with Gasteiger partial charge in [-0.2, -0.15) is 0 Å². The van der Waals surface area contributed by atoms with E-state index in [2.05, 4.69) is 9.71 Å². The Bertz CT molecular complexity index is 738. The molecule has 1 heterocycles. The number of hydrogen-bond acceptors (Lipinski definition) is 5. The van der Waals surface area contributed by atoms with Crippen molar-refractivity contribution in [2.24, 2.45) is 0 Å². The first-order chi connectivity index (χ1) is 9.83. The van der Waals surface area contributed by atoms with Gasteiger partial charge in [-0.25, -0.2) is 17.8 Å². The molecule has 2 rings (SSSR count). The van der Waals surface area contributed by atoms with Gasteiger partial charge in [0.1, 0.15) is 5.82 Å². The van der Waals surface area contributed by atoms with Crippen LogP contribution in [0, 0.1) is 12.7 Å². The summed E-state index contributed by atoms with van der Waals surface area (Å²) < 4.78 is 45.1. The number of rotatable bonds is 4. The summed E-state index contributed by atoms with van der Waals surface area (Å²) in [5.74, 6) is -0.264. The molecule has 112 valence electrons. The Morgan fingerprint density at radius 3 is 2.57 bits per heavy atom. The van der Waals surface area contributed by atoms with Crippen LogP contribution in [0.2, 0.25) is 0 Å². The summed E-state index contributed by atoms with van der Waals surface area (Å²) in [6, 6.07) is 5.30. The molecule has 2 aromatic rings. The van der Waals surface area contributed by atoms with Gasteiger partial charge < -0.3 is 10.5 Å². The van der Waals surface area contributed by atoms with Crippen molar-refractivity contribution >= 4 is 21.4 Å². The van der Waals surface area contributed by atoms with Gasteiger partial charge in [-0.05, 0) is 30.7 Å². The van der Waals surface area contributed by atoms with Crippen LogP contribution in [-0.4, -0.2) is 20.5 Å². The average Bonchev–Trinajstić information content (AvgIpc) is 2.44. The number of sulfonamides is 1. The van der Waals surface area contributed by atoms with Gasteiger partial charge in [-0.3, -0.25) is 4.72 Å². The monoisotopic (exact) mass is 311 g/mol. The highest BCUT2D eigenvalue weighted by Crippen LogP contribution is 2.23. The Hall–Kier alpha value is -2.35. The quantitative estimate of drug-likeness (QED) is 0.841. The third kappa shape index (κ3) is 3.22. The van der Waals surface area contributed by atoms with Crippen LogP contribution in [0.15, 0.2) is 35.4 Å². The standard InChI is InChI=1S/C13H14FN3O3S/c1-8-5-10(6-11(15)13(8)14)21(18,19)17-9-3-4-12(20-2)16-7-9/h3-7,17H,15H2,1-2H3. The summed E-state index contributed by atoms with van der Waals surface area (Å²) in [6.45, 7) is 1.44. The van der Waals surface area contributed by atoms with Crippen LogP contribution in [0.1, 0.15) is 5.56 Å². The van der Waals surface area contributed by atoms with E-state index in [0.29, 0.717) is 5.88 Å². The van der Waals surface area contributed by atoms with Crippen LogP contribution in [0.5, 0.6) is 5.88 Å². The van der Waals surface area contributed by atoms with Gasteiger partial charge >= 0.3 is 0 Å². The predicted octanol–water partition coefficient (Wildman–Crippen LogP) is 1.92. The molecule has 8 heteroatoms. The molecule has 0 amide bonds. The lowest BCUT2D eigenvalue weighted by Gasteiger charge is -2.10. The predicted molar refractivity (Wildman–Crippen MR) is 77.1 cm³/mol. The summed E-state index contributed by atoms with van der Waals surface area (Å²) >= 11 is 0. The van der Waals surface area contributed by atoms with Gasteiger partial charge in [0.25, 0.3) is 10.0 Å². The van der Waals surface area contributed by atoms with Crippen LogP contribution < -0.4 is 15.2 Å². The Kier molecular flexibility index (Phi) is 3.99. The molecule has 1 aromatic carbocycles. The normalized spacial score (nSPS) is 11.2. The highest BCUT2D eigenvalue weighted by Gasteiger charge is 2.17. The third-order valence-corrected chi connectivity index (χ3v) is 4.12. The van der Waals surface area contributed by atoms with Crippen LogP contribution in [0.4, 0.5) is 15.8 Å². The smallest absolute Gasteiger partial charge is 0.262 e. The molecule has 0 aliphatic heterocycles. The van der Waals surface area contributed by atoms with E-state index in [1.807, 2.05) is 0 Å². The second-order valence-corrected chi connectivity index (χ2v) is 6.02. The molecule has 0 unspecified atom stereocenters. The molecule has 0 spiro atoms. The highest BCUT2D eigenvalue weighted by atomic mass is 32.2. The van der Waals surface area contributed by atoms with E-state index < -0.39 is 15.8 Å². The first kappa shape index (κ1) is 15.0. The lowest BCUT2D eigenvalue weighted by molar-refractivity contribution is 0.398. The van der Waals surface area contributed by atoms with Crippen LogP contribution in [-0.2, 0) is 10.0 Å². The maximum Gasteiger partial charge on any atom is 0.262 e. The molecule has 0 saturated heterocycles. The van der Waals surface area contributed by atoms with Crippen LogP contribution >= 0.6 is 0 Å². The average molecular weight is 311 g/mol. The highest BCUT2D eigenvalue weighted by molar-refractivity contribution is 7.92. The number of benzene rings is 1. The summed E-state index contributed by atoms with van der Waals surface area (Å²) in [4.78, 5) is 3.77. The second kappa shape index (κ2) is 5.57. The minimum absolute atomic E-state index is 0.116. The molecule has 0 aliphatic rings. The van der Waals surface area contributed by atoms with Crippen molar-refractivity contribution < 1.29 is 17.5 Å². The molecule has 0 radical (unpaired) electrons. The summed E-state index contributed by atoms with van der Waals surface area (Å²) in [7, 11) is -2.42. The van der Waals surface area contributed by atoms with Crippen molar-refractivity contribution in [2.75, 3.05) is 17.6 Å². The summed E-state index contributed by atoms with van der Waals surface area (Å²) in [6.07, 6.45) is 1.32. The Balaban J connectivity index is 2.33. The molecule has 0 fully saturated rings. The number of halogens is 1. The van der Waals surface area contributed by atoms with E-state index in [4.69, 9.17) is 10.5 Å². The lowest BCUT2D eigenvalue weighted by atomic mass is 10.2. The summed E-state index contributed by atoms with van der Waals surface area (Å²) in [5.41, 5.74) is 5.65. The van der Waals surface area contributed by atoms with Crippen molar-refractivity contribution in [2.45, 2.75) is 11.8 Å². The van der Waals surface area contributed by atoms with E-state index in [9.17, 15) is 12.8 Å². The third-order valence-electron chi connectivity index (χ3n) is 2.76. The first-order valence-corrected chi connectivity index (χ1v) is 7.40. The van der Waals surface area contributed by atoms with Crippen LogP contribution in [0.3, 0.4) is 0 Å². The number of ether oxygens (including phenoxy) is 1. The van der Waals surface area contributed by atoms with Crippen molar-refractivity contribution in [1.29, 1.82) is 0 Å². The molecule has 0 saturated carbocycles. The van der Waals surface area contributed by atoms with E-state index >= 15 is 0 Å². The number of nitrogens with two attached hydrogens (primary N) is 1. The fourth-order valence-electron chi connectivity index (χ4n) is 1.69. The van der Waals surface area contributed by atoms with Crippen molar-refractivity contribution in [3.05, 3.63) is 41.8 Å². The van der Waals surface area contributed by atoms with Crippen molar-refractivity contribution in [3.63, 3.8) is 0 Å². The number of aromatic nitrogens is 1. The van der Waals surface area contributed by atoms with E-state index in [1.165, 1.54) is 38.4 Å². The fourth-order valence-corrected chi connectivity index (χ4v) is 2.86. The second-order valence-electron chi connectivity index (χ2n) is 4.34. The number of aryl methyl sites for hydroxylation is 1. The molecular weight excluding hydrogens is 297 g/mol. The van der Waals surface area contributed by atoms with Gasteiger partial charge in [0.15, 0.2) is 0 Å². The van der Waals surface area contributed by atoms with E-state index in [0.717, 1.165) is 6.07 Å². The molecule has 21 heavy (non-hydrogen) atoms. The molecule has 0 atom stereocenters. The minimum atomic E-state index is -3.87. The molecule has 1 aromatic heterocycles. The van der Waals surface area contributed by atoms with Gasteiger partial charge in [0, 0.05) is 6.07 Å². The fraction of sp³-hybridized carbons (Fsp3) is 0.154. The topological polar surface area (TPSA) is 94.3 Å². The van der Waals surface area contributed by atoms with Gasteiger partial charge in [-0.15, -0.1) is 0 Å². The summed E-state index contributed by atoms with van der Waals surface area (Å²) in [5, 5.41) is 0. The Labute approximate surface area is 121 Å². The van der Waals surface area contributed by atoms with Gasteiger partial charge in [0.05, 0.1) is 29.6 Å². The van der Waals surface area contributed by atoms with E-state index in [1.54, 1.807) is 0 Å². The molecule has 0 aliphatic carbocycles. The molecule has 0 bridgehead atoms. The maximum atomic E-state index is 13.4. The van der Waals surface area contributed by atoms with Crippen molar-refractivity contribution in [3.8, 4) is 5.88 Å². The molecular formula is C13H14FN3O3S. The number of nitrogen functional groups attached to an aromatic ring is 1. The number of anilines is 2. The van der Waals surface area contributed by atoms with Gasteiger partial charge in [-0.1, -0.05) is 0 Å². The zero-order valence-corrected chi connectivity index (χ0v) is 12.2. The molecule has 6 nitrogen and oxygen atoms in total. The largest absolute Gasteiger partial charge is 0.481 e. The van der Waals surface area contributed by atoms with Gasteiger partial charge in [0.2, 0.25) is 5.88 Å². The minimum Gasteiger partial charge on any atom is -0.481 e. The number of pyridine rings is 1. The number of nitrogens with one attached hydrogen (secondary N) is 1. The lowest BCUT2D eigenvalue weighted by Crippen LogP contribution is -2.14. The van der Waals surface area contributed by atoms with Crippen molar-refractivity contribution in [1.82, 2.24) is 4.98 Å². The molecule has 3 N–H and O–H groups in total. The number of nitrogens with zero attached hydrogens (tertiary/aromatic N) is 1. The Morgan fingerprint density at radius 1 is 1.33 bits per heavy atom. The Morgan fingerprint density at radius 2 is 2.05 bits per heavy atom. The van der Waals surface area contributed by atoms with E-state index in [-0.39, 0.29) is 21.8 Å². The SMILES string of the molecule is COc1ccc(NS(=O)(=O)c2cc(C)c(F)c(N)c2)cn1. The zero-order chi connectivity index (χ0) is 15.6. The maximum absolute atomic E-state index is 13.4. The number of methoxy groups -OCH3 is 1.